The van der Waals surface area contributed by atoms with Crippen LogP contribution in [0.4, 0.5) is 0 Å². The van der Waals surface area contributed by atoms with Crippen molar-refractivity contribution in [3.05, 3.63) is 23.4 Å². The van der Waals surface area contributed by atoms with Gasteiger partial charge in [-0.2, -0.15) is 0 Å². The van der Waals surface area contributed by atoms with Crippen LogP contribution < -0.4 is 5.32 Å². The molecule has 0 amide bonds. The van der Waals surface area contributed by atoms with Gasteiger partial charge in [-0.25, -0.2) is 4.98 Å². The standard InChI is InChI=1S/C13H19ClN2OS/c1-15-13(9-17)6-2-3-11(7-13)18-12-5-4-10(14)8-16-12/h4-5,8,11,15,17H,2-3,6-7,9H2,1H3. The molecule has 0 saturated heterocycles. The van der Waals surface area contributed by atoms with E-state index < -0.39 is 0 Å². The lowest BCUT2D eigenvalue weighted by Crippen LogP contribution is -2.50. The maximum atomic E-state index is 9.56. The van der Waals surface area contributed by atoms with E-state index in [1.807, 2.05) is 19.2 Å². The van der Waals surface area contributed by atoms with E-state index in [0.29, 0.717) is 10.3 Å². The van der Waals surface area contributed by atoms with E-state index in [0.717, 1.165) is 24.3 Å². The summed E-state index contributed by atoms with van der Waals surface area (Å²) in [7, 11) is 1.93. The van der Waals surface area contributed by atoms with Crippen molar-refractivity contribution in [2.24, 2.45) is 0 Å². The SMILES string of the molecule is CNC1(CO)CCCC(Sc2ccc(Cl)cn2)C1. The first-order valence-electron chi connectivity index (χ1n) is 6.25. The quantitative estimate of drug-likeness (QED) is 0.893. The number of aromatic nitrogens is 1. The Balaban J connectivity index is 1.99. The van der Waals surface area contributed by atoms with E-state index in [9.17, 15) is 5.11 Å². The fourth-order valence-electron chi connectivity index (χ4n) is 2.46. The Labute approximate surface area is 117 Å². The predicted octanol–water partition coefficient (Wildman–Crippen LogP) is 2.72. The second kappa shape index (κ2) is 6.24. The molecule has 1 heterocycles. The number of hydrogen-bond acceptors (Lipinski definition) is 4. The third-order valence-electron chi connectivity index (χ3n) is 3.62. The summed E-state index contributed by atoms with van der Waals surface area (Å²) in [6.45, 7) is 0.203. The molecule has 1 saturated carbocycles. The van der Waals surface area contributed by atoms with E-state index in [1.165, 1.54) is 6.42 Å². The number of thioether (sulfide) groups is 1. The van der Waals surface area contributed by atoms with Crippen LogP contribution in [-0.2, 0) is 0 Å². The van der Waals surface area contributed by atoms with Crippen molar-refractivity contribution >= 4 is 23.4 Å². The smallest absolute Gasteiger partial charge is 0.0963 e. The van der Waals surface area contributed by atoms with E-state index in [-0.39, 0.29) is 12.1 Å². The molecular weight excluding hydrogens is 268 g/mol. The van der Waals surface area contributed by atoms with Gasteiger partial charge in [-0.05, 0) is 38.4 Å². The van der Waals surface area contributed by atoms with Gasteiger partial charge in [-0.1, -0.05) is 18.0 Å². The molecule has 3 nitrogen and oxygen atoms in total. The summed E-state index contributed by atoms with van der Waals surface area (Å²) in [5, 5.41) is 15.0. The van der Waals surface area contributed by atoms with Crippen molar-refractivity contribution in [1.82, 2.24) is 10.3 Å². The maximum absolute atomic E-state index is 9.56. The highest BCUT2D eigenvalue weighted by Gasteiger charge is 2.34. The summed E-state index contributed by atoms with van der Waals surface area (Å²) in [5.41, 5.74) is -0.109. The Kier molecular flexibility index (Phi) is 4.90. The average Bonchev–Trinajstić information content (AvgIpc) is 2.41. The molecule has 1 aromatic heterocycles. The second-order valence-electron chi connectivity index (χ2n) is 4.84. The topological polar surface area (TPSA) is 45.1 Å². The van der Waals surface area contributed by atoms with Gasteiger partial charge in [0.1, 0.15) is 0 Å². The van der Waals surface area contributed by atoms with Gasteiger partial charge in [0.15, 0.2) is 0 Å². The summed E-state index contributed by atoms with van der Waals surface area (Å²) in [6.07, 6.45) is 6.04. The molecule has 0 spiro atoms. The first-order chi connectivity index (χ1) is 8.67. The largest absolute Gasteiger partial charge is 0.394 e. The molecule has 0 radical (unpaired) electrons. The molecule has 2 rings (SSSR count). The number of nitrogens with one attached hydrogen (secondary N) is 1. The number of halogens is 1. The van der Waals surface area contributed by atoms with Gasteiger partial charge in [-0.3, -0.25) is 0 Å². The van der Waals surface area contributed by atoms with Gasteiger partial charge in [0, 0.05) is 17.0 Å². The van der Waals surface area contributed by atoms with Crippen LogP contribution in [0.25, 0.3) is 0 Å². The molecule has 1 aliphatic carbocycles. The van der Waals surface area contributed by atoms with Crippen LogP contribution in [0.5, 0.6) is 0 Å². The molecule has 2 atom stereocenters. The van der Waals surface area contributed by atoms with Crippen LogP contribution >= 0.6 is 23.4 Å². The van der Waals surface area contributed by atoms with Crippen LogP contribution in [0.2, 0.25) is 5.02 Å². The third-order valence-corrected chi connectivity index (χ3v) is 5.06. The van der Waals surface area contributed by atoms with Crippen LogP contribution in [0.15, 0.2) is 23.4 Å². The zero-order valence-corrected chi connectivity index (χ0v) is 12.1. The van der Waals surface area contributed by atoms with Crippen LogP contribution in [0.1, 0.15) is 25.7 Å². The highest BCUT2D eigenvalue weighted by molar-refractivity contribution is 7.99. The molecule has 1 aliphatic rings. The number of rotatable bonds is 4. The zero-order valence-electron chi connectivity index (χ0n) is 10.5. The molecule has 1 fully saturated rings. The van der Waals surface area contributed by atoms with Crippen molar-refractivity contribution in [2.75, 3.05) is 13.7 Å². The minimum atomic E-state index is -0.109. The highest BCUT2D eigenvalue weighted by Crippen LogP contribution is 2.37. The van der Waals surface area contributed by atoms with E-state index in [1.54, 1.807) is 18.0 Å². The summed E-state index contributed by atoms with van der Waals surface area (Å²) < 4.78 is 0. The molecule has 2 N–H and O–H groups in total. The fraction of sp³-hybridized carbons (Fsp3) is 0.615. The van der Waals surface area contributed by atoms with Crippen molar-refractivity contribution < 1.29 is 5.11 Å². The van der Waals surface area contributed by atoms with Crippen LogP contribution in [0.3, 0.4) is 0 Å². The Bertz CT molecular complexity index is 381. The third kappa shape index (κ3) is 3.38. The molecule has 0 aliphatic heterocycles. The summed E-state index contributed by atoms with van der Waals surface area (Å²) in [5.74, 6) is 0. The van der Waals surface area contributed by atoms with E-state index >= 15 is 0 Å². The number of aliphatic hydroxyl groups is 1. The van der Waals surface area contributed by atoms with Crippen LogP contribution in [-0.4, -0.2) is 34.5 Å². The van der Waals surface area contributed by atoms with E-state index in [2.05, 4.69) is 10.3 Å². The first-order valence-corrected chi connectivity index (χ1v) is 7.51. The van der Waals surface area contributed by atoms with Crippen molar-refractivity contribution in [3.63, 3.8) is 0 Å². The normalized spacial score (nSPS) is 28.3. The van der Waals surface area contributed by atoms with Crippen molar-refractivity contribution in [1.29, 1.82) is 0 Å². The predicted molar refractivity (Wildman–Crippen MR) is 76.2 cm³/mol. The zero-order chi connectivity index (χ0) is 13.0. The number of pyridine rings is 1. The lowest BCUT2D eigenvalue weighted by atomic mass is 9.82. The van der Waals surface area contributed by atoms with E-state index in [4.69, 9.17) is 11.6 Å². The molecule has 100 valence electrons. The Hall–Kier alpha value is -0.290. The number of hydrogen-bond donors (Lipinski definition) is 2. The average molecular weight is 287 g/mol. The van der Waals surface area contributed by atoms with Gasteiger partial charge in [0.2, 0.25) is 0 Å². The summed E-state index contributed by atoms with van der Waals surface area (Å²) in [4.78, 5) is 4.32. The maximum Gasteiger partial charge on any atom is 0.0963 e. The molecule has 1 aromatic rings. The minimum Gasteiger partial charge on any atom is -0.394 e. The first kappa shape index (κ1) is 14.1. The Morgan fingerprint density at radius 3 is 3.06 bits per heavy atom. The summed E-state index contributed by atoms with van der Waals surface area (Å²) >= 11 is 7.62. The number of likely N-dealkylation sites (N-methyl/N-ethyl adjacent to an activating group) is 1. The van der Waals surface area contributed by atoms with Crippen molar-refractivity contribution in [2.45, 2.75) is 41.5 Å². The monoisotopic (exact) mass is 286 g/mol. The Morgan fingerprint density at radius 1 is 1.61 bits per heavy atom. The van der Waals surface area contributed by atoms with Gasteiger partial charge in [0.25, 0.3) is 0 Å². The fourth-order valence-corrected chi connectivity index (χ4v) is 3.86. The van der Waals surface area contributed by atoms with Crippen LogP contribution in [0, 0.1) is 0 Å². The molecule has 0 bridgehead atoms. The Morgan fingerprint density at radius 2 is 2.44 bits per heavy atom. The van der Waals surface area contributed by atoms with Crippen molar-refractivity contribution in [3.8, 4) is 0 Å². The second-order valence-corrected chi connectivity index (χ2v) is 6.60. The molecule has 0 aromatic carbocycles. The number of aliphatic hydroxyl groups excluding tert-OH is 1. The molecule has 18 heavy (non-hydrogen) atoms. The minimum absolute atomic E-state index is 0.109. The summed E-state index contributed by atoms with van der Waals surface area (Å²) in [6, 6.07) is 3.83. The van der Waals surface area contributed by atoms with Gasteiger partial charge < -0.3 is 10.4 Å². The molecule has 2 unspecified atom stereocenters. The van der Waals surface area contributed by atoms with Gasteiger partial charge in [0.05, 0.1) is 16.7 Å². The van der Waals surface area contributed by atoms with Gasteiger partial charge >= 0.3 is 0 Å². The lowest BCUT2D eigenvalue weighted by Gasteiger charge is -2.39. The van der Waals surface area contributed by atoms with Gasteiger partial charge in [-0.15, -0.1) is 11.8 Å². The molecule has 5 heteroatoms. The molecular formula is C13H19ClN2OS. The lowest BCUT2D eigenvalue weighted by molar-refractivity contribution is 0.131. The highest BCUT2D eigenvalue weighted by atomic mass is 35.5. The number of nitrogens with zero attached hydrogens (tertiary/aromatic N) is 1.